The van der Waals surface area contributed by atoms with E-state index in [4.69, 9.17) is 4.98 Å². The van der Waals surface area contributed by atoms with E-state index in [0.717, 1.165) is 49.2 Å². The van der Waals surface area contributed by atoms with E-state index in [1.807, 2.05) is 0 Å². The van der Waals surface area contributed by atoms with Gasteiger partial charge in [0.15, 0.2) is 0 Å². The summed E-state index contributed by atoms with van der Waals surface area (Å²) in [5.74, 6) is 0.665. The van der Waals surface area contributed by atoms with Crippen LogP contribution in [0.1, 0.15) is 93.5 Å². The van der Waals surface area contributed by atoms with Crippen molar-refractivity contribution in [2.45, 2.75) is 83.5 Å². The van der Waals surface area contributed by atoms with Crippen molar-refractivity contribution in [2.24, 2.45) is 0 Å². The van der Waals surface area contributed by atoms with Gasteiger partial charge in [-0.05, 0) is 77.3 Å². The molecule has 2 heterocycles. The summed E-state index contributed by atoms with van der Waals surface area (Å²) < 4.78 is 0. The minimum atomic E-state index is 0.202. The molecule has 1 saturated heterocycles. The van der Waals surface area contributed by atoms with E-state index in [9.17, 15) is 4.79 Å². The highest BCUT2D eigenvalue weighted by Gasteiger charge is 2.37. The summed E-state index contributed by atoms with van der Waals surface area (Å²) in [6.07, 6.45) is 5.20. The van der Waals surface area contributed by atoms with Gasteiger partial charge in [-0.3, -0.25) is 4.79 Å². The second kappa shape index (κ2) is 8.94. The Bertz CT molecular complexity index is 1400. The Labute approximate surface area is 225 Å². The predicted octanol–water partition coefficient (Wildman–Crippen LogP) is 7.89. The number of benzene rings is 2. The van der Waals surface area contributed by atoms with Crippen LogP contribution in [0.5, 0.6) is 0 Å². The summed E-state index contributed by atoms with van der Waals surface area (Å²) in [5, 5.41) is 3.46. The normalized spacial score (nSPS) is 20.6. The quantitative estimate of drug-likeness (QED) is 0.359. The number of hydrogen-bond donors (Lipinski definition) is 0. The summed E-state index contributed by atoms with van der Waals surface area (Å²) >= 11 is 1.79. The molecular weight excluding hydrogens is 472 g/mol. The Morgan fingerprint density at radius 2 is 1.68 bits per heavy atom. The van der Waals surface area contributed by atoms with Crippen molar-refractivity contribution in [3.05, 3.63) is 80.7 Å². The van der Waals surface area contributed by atoms with Crippen LogP contribution in [0.4, 0.5) is 0 Å². The molecule has 3 nitrogen and oxygen atoms in total. The fraction of sp³-hybridized carbons (Fsp3) is 0.455. The van der Waals surface area contributed by atoms with E-state index in [-0.39, 0.29) is 16.7 Å². The maximum absolute atomic E-state index is 13.4. The number of fused-ring (bicyclic) bond motifs is 2. The zero-order chi connectivity index (χ0) is 25.9. The topological polar surface area (TPSA) is 33.2 Å². The molecule has 0 saturated carbocycles. The van der Waals surface area contributed by atoms with Crippen LogP contribution in [0.15, 0.2) is 53.4 Å². The Morgan fingerprint density at radius 1 is 0.973 bits per heavy atom. The van der Waals surface area contributed by atoms with Gasteiger partial charge in [0.25, 0.3) is 0 Å². The van der Waals surface area contributed by atoms with E-state index in [2.05, 4.69) is 87.4 Å². The van der Waals surface area contributed by atoms with Crippen LogP contribution in [-0.4, -0.2) is 28.9 Å². The first-order valence-corrected chi connectivity index (χ1v) is 14.7. The van der Waals surface area contributed by atoms with Gasteiger partial charge >= 0.3 is 0 Å². The largest absolute Gasteiger partial charge is 0.339 e. The number of nitrogens with zero attached hydrogens (tertiary/aromatic N) is 2. The summed E-state index contributed by atoms with van der Waals surface area (Å²) in [5.41, 5.74) is 10.4. The molecule has 37 heavy (non-hydrogen) atoms. The third-order valence-corrected chi connectivity index (χ3v) is 10.3. The average molecular weight is 511 g/mol. The molecule has 0 unspecified atom stereocenters. The second-order valence-corrected chi connectivity index (χ2v) is 13.5. The van der Waals surface area contributed by atoms with Crippen LogP contribution in [0.3, 0.4) is 0 Å². The van der Waals surface area contributed by atoms with E-state index in [1.165, 1.54) is 45.7 Å². The fourth-order valence-electron chi connectivity index (χ4n) is 6.64. The van der Waals surface area contributed by atoms with E-state index in [0.29, 0.717) is 5.92 Å². The maximum atomic E-state index is 13.4. The highest BCUT2D eigenvalue weighted by molar-refractivity contribution is 7.10. The van der Waals surface area contributed by atoms with Crippen molar-refractivity contribution in [3.8, 4) is 11.3 Å². The first kappa shape index (κ1) is 24.6. The summed E-state index contributed by atoms with van der Waals surface area (Å²) in [4.78, 5) is 20.6. The van der Waals surface area contributed by atoms with Gasteiger partial charge in [-0.15, -0.1) is 11.3 Å². The van der Waals surface area contributed by atoms with Gasteiger partial charge in [-0.1, -0.05) is 64.1 Å². The van der Waals surface area contributed by atoms with Crippen LogP contribution in [-0.2, 0) is 22.0 Å². The minimum Gasteiger partial charge on any atom is -0.339 e. The summed E-state index contributed by atoms with van der Waals surface area (Å²) in [7, 11) is 0. The van der Waals surface area contributed by atoms with Crippen LogP contribution >= 0.6 is 11.3 Å². The van der Waals surface area contributed by atoms with Gasteiger partial charge in [0.2, 0.25) is 5.91 Å². The molecule has 1 aliphatic heterocycles. The lowest BCUT2D eigenvalue weighted by atomic mass is 9.63. The summed E-state index contributed by atoms with van der Waals surface area (Å²) in [6.45, 7) is 13.2. The number of hydrogen-bond acceptors (Lipinski definition) is 3. The first-order chi connectivity index (χ1) is 17.6. The number of allylic oxidation sites excluding steroid dienone is 1. The SMILES string of the molecule is CC1=C(C(=O)N2CCC(c3nc(-c4ccc5c(c4)C(C)(C)CCC5(C)C)cs3)CC2)Cc2ccccc21. The van der Waals surface area contributed by atoms with Crippen molar-refractivity contribution >= 4 is 22.8 Å². The number of carbonyl (C=O) groups is 1. The molecule has 3 aliphatic rings. The lowest BCUT2D eigenvalue weighted by Crippen LogP contribution is -2.38. The number of thiazole rings is 1. The molecule has 1 aromatic heterocycles. The Hall–Kier alpha value is -2.72. The standard InChI is InChI=1S/C33H38N2OS/c1-21-25-9-7-6-8-23(25)18-26(21)31(36)35-16-12-22(13-17-35)30-34-29(20-37-30)24-10-11-27-28(19-24)33(4,5)15-14-32(27,2)3/h6-11,19-20,22H,12-18H2,1-5H3. The second-order valence-electron chi connectivity index (χ2n) is 12.6. The highest BCUT2D eigenvalue weighted by atomic mass is 32.1. The molecule has 1 amide bonds. The van der Waals surface area contributed by atoms with Gasteiger partial charge in [-0.2, -0.15) is 0 Å². The highest BCUT2D eigenvalue weighted by Crippen LogP contribution is 2.47. The molecule has 192 valence electrons. The predicted molar refractivity (Wildman–Crippen MR) is 154 cm³/mol. The lowest BCUT2D eigenvalue weighted by Gasteiger charge is -2.42. The Balaban J connectivity index is 1.15. The molecule has 0 bridgehead atoms. The van der Waals surface area contributed by atoms with Gasteiger partial charge in [0, 0.05) is 41.9 Å². The number of amides is 1. The fourth-order valence-corrected chi connectivity index (χ4v) is 7.64. The number of likely N-dealkylation sites (tertiary alicyclic amines) is 1. The first-order valence-electron chi connectivity index (χ1n) is 13.8. The van der Waals surface area contributed by atoms with Gasteiger partial charge in [0.1, 0.15) is 0 Å². The van der Waals surface area contributed by atoms with Crippen molar-refractivity contribution < 1.29 is 4.79 Å². The molecule has 2 aromatic carbocycles. The van der Waals surface area contributed by atoms with E-state index in [1.54, 1.807) is 11.3 Å². The van der Waals surface area contributed by atoms with Crippen molar-refractivity contribution in [1.82, 2.24) is 9.88 Å². The van der Waals surface area contributed by atoms with Crippen LogP contribution in [0.25, 0.3) is 16.8 Å². The van der Waals surface area contributed by atoms with Crippen molar-refractivity contribution in [3.63, 3.8) is 0 Å². The van der Waals surface area contributed by atoms with E-state index < -0.39 is 0 Å². The maximum Gasteiger partial charge on any atom is 0.250 e. The molecule has 0 radical (unpaired) electrons. The molecular formula is C33H38N2OS. The molecule has 0 N–H and O–H groups in total. The number of piperidine rings is 1. The van der Waals surface area contributed by atoms with Gasteiger partial charge in [0.05, 0.1) is 10.7 Å². The van der Waals surface area contributed by atoms with Crippen molar-refractivity contribution in [2.75, 3.05) is 13.1 Å². The Kier molecular flexibility index (Phi) is 5.95. The van der Waals surface area contributed by atoms with Crippen LogP contribution in [0, 0.1) is 0 Å². The molecule has 0 spiro atoms. The zero-order valence-electron chi connectivity index (χ0n) is 22.9. The van der Waals surface area contributed by atoms with Crippen LogP contribution < -0.4 is 0 Å². The third kappa shape index (κ3) is 4.27. The molecule has 1 fully saturated rings. The molecule has 2 aliphatic carbocycles. The van der Waals surface area contributed by atoms with Gasteiger partial charge in [-0.25, -0.2) is 4.98 Å². The summed E-state index contributed by atoms with van der Waals surface area (Å²) in [6, 6.07) is 15.5. The lowest BCUT2D eigenvalue weighted by molar-refractivity contribution is -0.128. The number of aromatic nitrogens is 1. The van der Waals surface area contributed by atoms with Crippen LogP contribution in [0.2, 0.25) is 0 Å². The Morgan fingerprint density at radius 3 is 2.41 bits per heavy atom. The number of carbonyl (C=O) groups excluding carboxylic acids is 1. The minimum absolute atomic E-state index is 0.202. The van der Waals surface area contributed by atoms with E-state index >= 15 is 0 Å². The molecule has 6 rings (SSSR count). The number of rotatable bonds is 3. The molecule has 3 aromatic rings. The smallest absolute Gasteiger partial charge is 0.250 e. The van der Waals surface area contributed by atoms with Crippen molar-refractivity contribution in [1.29, 1.82) is 0 Å². The molecule has 0 atom stereocenters. The average Bonchev–Trinajstić information content (AvgIpc) is 3.52. The van der Waals surface area contributed by atoms with Gasteiger partial charge < -0.3 is 4.90 Å². The monoisotopic (exact) mass is 510 g/mol. The zero-order valence-corrected chi connectivity index (χ0v) is 23.7. The third-order valence-electron chi connectivity index (χ3n) is 9.30. The molecule has 4 heteroatoms.